The first-order valence-corrected chi connectivity index (χ1v) is 11.6. The molecule has 6 nitrogen and oxygen atoms in total. The topological polar surface area (TPSA) is 67.4 Å². The summed E-state index contributed by atoms with van der Waals surface area (Å²) in [5.41, 5.74) is 2.02. The first kappa shape index (κ1) is 21.2. The summed E-state index contributed by atoms with van der Waals surface area (Å²) in [6, 6.07) is 15.8. The van der Waals surface area contributed by atoms with Gasteiger partial charge in [-0.3, -0.25) is 4.79 Å². The second-order valence-electron chi connectivity index (χ2n) is 7.58. The molecule has 1 aromatic heterocycles. The van der Waals surface area contributed by atoms with Gasteiger partial charge in [-0.25, -0.2) is 9.97 Å². The van der Waals surface area contributed by atoms with Crippen LogP contribution in [-0.4, -0.2) is 35.2 Å². The Balaban J connectivity index is 1.38. The number of thioether (sulfide) groups is 1. The molecule has 0 unspecified atom stereocenters. The Hall–Kier alpha value is -3.06. The molecule has 1 saturated heterocycles. The van der Waals surface area contributed by atoms with Gasteiger partial charge in [-0.05, 0) is 56.4 Å². The zero-order valence-corrected chi connectivity index (χ0v) is 18.6. The maximum Gasteiger partial charge on any atom is 0.263 e. The quantitative estimate of drug-likeness (QED) is 0.541. The number of anilines is 2. The lowest BCUT2D eigenvalue weighted by Crippen LogP contribution is -2.38. The number of piperidine rings is 1. The molecule has 0 radical (unpaired) electrons. The fourth-order valence-corrected chi connectivity index (χ4v) is 4.08. The zero-order chi connectivity index (χ0) is 21.6. The van der Waals surface area contributed by atoms with Crippen molar-refractivity contribution in [1.29, 1.82) is 0 Å². The minimum atomic E-state index is -0.0210. The summed E-state index contributed by atoms with van der Waals surface area (Å²) in [4.78, 5) is 24.9. The molecule has 0 spiro atoms. The van der Waals surface area contributed by atoms with Crippen molar-refractivity contribution < 1.29 is 9.53 Å². The van der Waals surface area contributed by atoms with Crippen molar-refractivity contribution in [2.24, 2.45) is 5.92 Å². The van der Waals surface area contributed by atoms with E-state index in [1.54, 1.807) is 24.2 Å². The normalized spacial score (nSPS) is 14.3. The van der Waals surface area contributed by atoms with Crippen molar-refractivity contribution in [2.75, 3.05) is 29.6 Å². The van der Waals surface area contributed by atoms with Gasteiger partial charge in [-0.15, -0.1) is 11.8 Å². The maximum atomic E-state index is 12.8. The van der Waals surface area contributed by atoms with Gasteiger partial charge in [0, 0.05) is 42.0 Å². The van der Waals surface area contributed by atoms with E-state index in [0.29, 0.717) is 5.88 Å². The standard InChI is InChI=1S/C24H26N4O2S/c1-17-6-8-20(9-7-17)30-24-22(25-12-13-26-24)28-14-10-18(11-15-28)23(29)27-19-4-3-5-21(16-19)31-2/h3-9,12-13,16,18H,10-11,14-15H2,1-2H3,(H,27,29). The molecule has 1 fully saturated rings. The number of carbonyl (C=O) groups is 1. The average Bonchev–Trinajstić information content (AvgIpc) is 2.81. The number of hydrogen-bond donors (Lipinski definition) is 1. The Morgan fingerprint density at radius 3 is 2.58 bits per heavy atom. The van der Waals surface area contributed by atoms with E-state index in [-0.39, 0.29) is 11.8 Å². The fraction of sp³-hybridized carbons (Fsp3) is 0.292. The number of aromatic nitrogens is 2. The van der Waals surface area contributed by atoms with Crippen LogP contribution in [0.1, 0.15) is 18.4 Å². The molecule has 1 amide bonds. The van der Waals surface area contributed by atoms with Gasteiger partial charge in [0.05, 0.1) is 0 Å². The first-order valence-electron chi connectivity index (χ1n) is 10.4. The minimum absolute atomic E-state index is 0.0210. The molecule has 7 heteroatoms. The Morgan fingerprint density at radius 1 is 1.10 bits per heavy atom. The summed E-state index contributed by atoms with van der Waals surface area (Å²) >= 11 is 1.66. The summed E-state index contributed by atoms with van der Waals surface area (Å²) in [6.45, 7) is 3.50. The molecule has 2 heterocycles. The summed E-state index contributed by atoms with van der Waals surface area (Å²) in [6.07, 6.45) is 6.86. The molecule has 3 aromatic rings. The van der Waals surface area contributed by atoms with Gasteiger partial charge in [0.1, 0.15) is 5.75 Å². The van der Waals surface area contributed by atoms with Crippen LogP contribution in [0.2, 0.25) is 0 Å². The Morgan fingerprint density at radius 2 is 1.84 bits per heavy atom. The SMILES string of the molecule is CSc1cccc(NC(=O)C2CCN(c3nccnc3Oc3ccc(C)cc3)CC2)c1. The van der Waals surface area contributed by atoms with Gasteiger partial charge >= 0.3 is 0 Å². The summed E-state index contributed by atoms with van der Waals surface area (Å²) < 4.78 is 6.00. The van der Waals surface area contributed by atoms with E-state index in [2.05, 4.69) is 20.2 Å². The maximum absolute atomic E-state index is 12.8. The van der Waals surface area contributed by atoms with E-state index < -0.39 is 0 Å². The van der Waals surface area contributed by atoms with Crippen LogP contribution in [0.4, 0.5) is 11.5 Å². The summed E-state index contributed by atoms with van der Waals surface area (Å²) in [7, 11) is 0. The van der Waals surface area contributed by atoms with Crippen LogP contribution in [0.25, 0.3) is 0 Å². The van der Waals surface area contributed by atoms with E-state index in [1.165, 1.54) is 5.56 Å². The lowest BCUT2D eigenvalue weighted by Gasteiger charge is -2.32. The van der Waals surface area contributed by atoms with Crippen molar-refractivity contribution in [3.05, 3.63) is 66.5 Å². The number of benzene rings is 2. The molecule has 2 aromatic carbocycles. The second-order valence-corrected chi connectivity index (χ2v) is 8.46. The Bertz CT molecular complexity index is 1030. The molecule has 4 rings (SSSR count). The van der Waals surface area contributed by atoms with Gasteiger partial charge in [-0.1, -0.05) is 23.8 Å². The highest BCUT2D eigenvalue weighted by Gasteiger charge is 2.27. The van der Waals surface area contributed by atoms with Crippen molar-refractivity contribution in [3.8, 4) is 11.6 Å². The third-order valence-electron chi connectivity index (χ3n) is 5.38. The Labute approximate surface area is 187 Å². The predicted molar refractivity (Wildman–Crippen MR) is 125 cm³/mol. The fourth-order valence-electron chi connectivity index (χ4n) is 3.62. The van der Waals surface area contributed by atoms with Gasteiger partial charge in [0.25, 0.3) is 5.88 Å². The van der Waals surface area contributed by atoms with E-state index in [0.717, 1.165) is 48.1 Å². The highest BCUT2D eigenvalue weighted by atomic mass is 32.2. The molecule has 1 aliphatic rings. The third-order valence-corrected chi connectivity index (χ3v) is 6.11. The smallest absolute Gasteiger partial charge is 0.263 e. The molecule has 31 heavy (non-hydrogen) atoms. The highest BCUT2D eigenvalue weighted by molar-refractivity contribution is 7.98. The first-order chi connectivity index (χ1) is 15.1. The number of ether oxygens (including phenoxy) is 1. The number of nitrogens with one attached hydrogen (secondary N) is 1. The van der Waals surface area contributed by atoms with Crippen LogP contribution in [0, 0.1) is 12.8 Å². The van der Waals surface area contributed by atoms with Gasteiger partial charge in [-0.2, -0.15) is 0 Å². The summed E-state index contributed by atoms with van der Waals surface area (Å²) in [5.74, 6) is 1.99. The predicted octanol–water partition coefficient (Wildman–Crippen LogP) is 5.15. The minimum Gasteiger partial charge on any atom is -0.436 e. The number of carbonyl (C=O) groups excluding carboxylic acids is 1. The van der Waals surface area contributed by atoms with E-state index >= 15 is 0 Å². The van der Waals surface area contributed by atoms with E-state index in [4.69, 9.17) is 4.74 Å². The van der Waals surface area contributed by atoms with E-state index in [1.807, 2.05) is 61.7 Å². The second kappa shape index (κ2) is 9.83. The van der Waals surface area contributed by atoms with Gasteiger partial charge < -0.3 is 15.0 Å². The molecule has 0 aliphatic carbocycles. The average molecular weight is 435 g/mol. The van der Waals surface area contributed by atoms with Crippen molar-refractivity contribution in [1.82, 2.24) is 9.97 Å². The molecular weight excluding hydrogens is 408 g/mol. The Kier molecular flexibility index (Phi) is 6.72. The van der Waals surface area contributed by atoms with Crippen LogP contribution in [0.5, 0.6) is 11.6 Å². The molecule has 1 N–H and O–H groups in total. The van der Waals surface area contributed by atoms with Gasteiger partial charge in [0.2, 0.25) is 5.91 Å². The van der Waals surface area contributed by atoms with Crippen molar-refractivity contribution >= 4 is 29.2 Å². The van der Waals surface area contributed by atoms with Crippen LogP contribution in [0.3, 0.4) is 0 Å². The van der Waals surface area contributed by atoms with Crippen molar-refractivity contribution in [3.63, 3.8) is 0 Å². The molecule has 160 valence electrons. The lowest BCUT2D eigenvalue weighted by atomic mass is 9.96. The molecule has 1 aliphatic heterocycles. The molecule has 0 saturated carbocycles. The summed E-state index contributed by atoms with van der Waals surface area (Å²) in [5, 5.41) is 3.07. The molecule has 0 atom stereocenters. The largest absolute Gasteiger partial charge is 0.436 e. The third kappa shape index (κ3) is 5.35. The van der Waals surface area contributed by atoms with Crippen LogP contribution in [0.15, 0.2) is 65.8 Å². The highest BCUT2D eigenvalue weighted by Crippen LogP contribution is 2.31. The number of nitrogens with zero attached hydrogens (tertiary/aromatic N) is 3. The monoisotopic (exact) mass is 434 g/mol. The zero-order valence-electron chi connectivity index (χ0n) is 17.7. The van der Waals surface area contributed by atoms with Crippen LogP contribution in [-0.2, 0) is 4.79 Å². The molecular formula is C24H26N4O2S. The number of rotatable bonds is 6. The van der Waals surface area contributed by atoms with Crippen LogP contribution < -0.4 is 15.0 Å². The van der Waals surface area contributed by atoms with E-state index in [9.17, 15) is 4.79 Å². The number of amides is 1. The molecule has 0 bridgehead atoms. The number of aryl methyl sites for hydroxylation is 1. The van der Waals surface area contributed by atoms with Crippen LogP contribution >= 0.6 is 11.8 Å². The van der Waals surface area contributed by atoms with Crippen molar-refractivity contribution in [2.45, 2.75) is 24.7 Å². The lowest BCUT2D eigenvalue weighted by molar-refractivity contribution is -0.120. The number of hydrogen-bond acceptors (Lipinski definition) is 6. The van der Waals surface area contributed by atoms with Gasteiger partial charge in [0.15, 0.2) is 5.82 Å².